The van der Waals surface area contributed by atoms with Crippen molar-refractivity contribution < 1.29 is 4.79 Å². The third-order valence-electron chi connectivity index (χ3n) is 3.33. The van der Waals surface area contributed by atoms with Crippen LogP contribution in [0.25, 0.3) is 0 Å². The van der Waals surface area contributed by atoms with Gasteiger partial charge < -0.3 is 20.9 Å². The molecule has 0 radical (unpaired) electrons. The average Bonchev–Trinajstić information content (AvgIpc) is 3.00. The lowest BCUT2D eigenvalue weighted by Gasteiger charge is -2.18. The highest BCUT2D eigenvalue weighted by Gasteiger charge is 2.19. The molecule has 3 N–H and O–H groups in total. The summed E-state index contributed by atoms with van der Waals surface area (Å²) in [6.45, 7) is 6.40. The zero-order chi connectivity index (χ0) is 15.2. The minimum Gasteiger partial charge on any atom is -0.357 e. The highest BCUT2D eigenvalue weighted by molar-refractivity contribution is 5.83. The van der Waals surface area contributed by atoms with Crippen molar-refractivity contribution in [1.29, 1.82) is 0 Å². The van der Waals surface area contributed by atoms with Crippen LogP contribution in [0.2, 0.25) is 0 Å². The number of carbonyl (C=O) groups excluding carboxylic acids is 1. The fourth-order valence-corrected chi connectivity index (χ4v) is 2.20. The van der Waals surface area contributed by atoms with E-state index in [0.29, 0.717) is 17.8 Å². The van der Waals surface area contributed by atoms with E-state index in [9.17, 15) is 4.79 Å². The number of carbonyl (C=O) groups is 1. The van der Waals surface area contributed by atoms with Crippen LogP contribution in [0.1, 0.15) is 26.7 Å². The van der Waals surface area contributed by atoms with E-state index in [1.165, 1.54) is 0 Å². The number of nitrogens with zero attached hydrogens (tertiary/aromatic N) is 4. The maximum Gasteiger partial charge on any atom is 0.242 e. The molecule has 0 bridgehead atoms. The van der Waals surface area contributed by atoms with Crippen LogP contribution < -0.4 is 20.9 Å². The molecule has 1 amide bonds. The summed E-state index contributed by atoms with van der Waals surface area (Å²) < 4.78 is 0. The van der Waals surface area contributed by atoms with Gasteiger partial charge in [-0.05, 0) is 26.7 Å². The van der Waals surface area contributed by atoms with Gasteiger partial charge in [-0.1, -0.05) is 0 Å². The highest BCUT2D eigenvalue weighted by Crippen LogP contribution is 2.18. The molecule has 8 heteroatoms. The first-order valence-corrected chi connectivity index (χ1v) is 7.37. The van der Waals surface area contributed by atoms with Crippen molar-refractivity contribution in [2.45, 2.75) is 32.7 Å². The molecule has 1 aromatic rings. The van der Waals surface area contributed by atoms with E-state index in [0.717, 1.165) is 32.5 Å². The maximum absolute atomic E-state index is 11.6. The number of hydrogen-bond donors (Lipinski definition) is 3. The molecular weight excluding hydrogens is 270 g/mol. The summed E-state index contributed by atoms with van der Waals surface area (Å²) in [5.74, 6) is 1.49. The maximum atomic E-state index is 11.6. The Bertz CT molecular complexity index is 487. The van der Waals surface area contributed by atoms with Crippen molar-refractivity contribution >= 4 is 23.8 Å². The normalized spacial score (nSPS) is 15.7. The Labute approximate surface area is 124 Å². The number of amides is 1. The van der Waals surface area contributed by atoms with Gasteiger partial charge in [0.05, 0.1) is 0 Å². The third-order valence-corrected chi connectivity index (χ3v) is 3.33. The third kappa shape index (κ3) is 3.93. The van der Waals surface area contributed by atoms with Crippen molar-refractivity contribution in [3.8, 4) is 0 Å². The van der Waals surface area contributed by atoms with Crippen LogP contribution in [-0.4, -0.2) is 53.6 Å². The minimum absolute atomic E-state index is 0.108. The summed E-state index contributed by atoms with van der Waals surface area (Å²) >= 11 is 0. The lowest BCUT2D eigenvalue weighted by molar-refractivity contribution is -0.121. The summed E-state index contributed by atoms with van der Waals surface area (Å²) in [5, 5.41) is 8.71. The number of aromatic nitrogens is 3. The van der Waals surface area contributed by atoms with Crippen LogP contribution in [0, 0.1) is 0 Å². The van der Waals surface area contributed by atoms with Gasteiger partial charge in [-0.25, -0.2) is 0 Å². The Morgan fingerprint density at radius 1 is 1.24 bits per heavy atom. The van der Waals surface area contributed by atoms with Crippen molar-refractivity contribution in [3.63, 3.8) is 0 Å². The monoisotopic (exact) mass is 293 g/mol. The van der Waals surface area contributed by atoms with Gasteiger partial charge in [-0.15, -0.1) is 0 Å². The van der Waals surface area contributed by atoms with Crippen molar-refractivity contribution in [1.82, 2.24) is 20.3 Å². The second kappa shape index (κ2) is 7.05. The van der Waals surface area contributed by atoms with E-state index in [-0.39, 0.29) is 5.91 Å². The van der Waals surface area contributed by atoms with E-state index in [4.69, 9.17) is 0 Å². The second-order valence-electron chi connectivity index (χ2n) is 4.99. The van der Waals surface area contributed by atoms with Gasteiger partial charge in [-0.3, -0.25) is 4.79 Å². The lowest BCUT2D eigenvalue weighted by atomic mass is 10.3. The fraction of sp³-hybridized carbons (Fsp3) is 0.692. The molecule has 8 nitrogen and oxygen atoms in total. The Kier molecular flexibility index (Phi) is 5.13. The highest BCUT2D eigenvalue weighted by atomic mass is 16.2. The van der Waals surface area contributed by atoms with Crippen molar-refractivity contribution in [2.75, 3.05) is 42.2 Å². The number of nitrogens with one attached hydrogen (secondary N) is 3. The van der Waals surface area contributed by atoms with Crippen LogP contribution in [0.5, 0.6) is 0 Å². The summed E-state index contributed by atoms with van der Waals surface area (Å²) in [6.07, 6.45) is 2.30. The fourth-order valence-electron chi connectivity index (χ4n) is 2.20. The molecule has 0 saturated carbocycles. The van der Waals surface area contributed by atoms with Crippen molar-refractivity contribution in [2.24, 2.45) is 0 Å². The summed E-state index contributed by atoms with van der Waals surface area (Å²) in [5.41, 5.74) is 0. The molecule has 2 rings (SSSR count). The van der Waals surface area contributed by atoms with E-state index in [1.807, 2.05) is 6.92 Å². The van der Waals surface area contributed by atoms with Crippen LogP contribution in [0.4, 0.5) is 17.8 Å². The molecule has 0 spiro atoms. The summed E-state index contributed by atoms with van der Waals surface area (Å²) in [4.78, 5) is 26.9. The smallest absolute Gasteiger partial charge is 0.242 e. The van der Waals surface area contributed by atoms with E-state index >= 15 is 0 Å². The van der Waals surface area contributed by atoms with Crippen molar-refractivity contribution in [3.05, 3.63) is 0 Å². The molecule has 116 valence electrons. The first kappa shape index (κ1) is 15.3. The molecule has 21 heavy (non-hydrogen) atoms. The average molecular weight is 293 g/mol. The van der Waals surface area contributed by atoms with Crippen LogP contribution in [0.15, 0.2) is 0 Å². The van der Waals surface area contributed by atoms with Gasteiger partial charge in [0, 0.05) is 26.7 Å². The molecule has 1 aliphatic heterocycles. The first-order valence-electron chi connectivity index (χ1n) is 7.37. The Hall–Kier alpha value is -2.12. The zero-order valence-corrected chi connectivity index (χ0v) is 12.8. The second-order valence-corrected chi connectivity index (χ2v) is 4.99. The topological polar surface area (TPSA) is 95.1 Å². The zero-order valence-electron chi connectivity index (χ0n) is 12.8. The standard InChI is InChI=1S/C13H23N7O/c1-4-15-11-17-12(16-9(2)10(21)14-3)19-13(18-11)20-7-5-6-8-20/h9H,4-8H2,1-3H3,(H,14,21)(H2,15,16,17,18,19). The SMILES string of the molecule is CCNc1nc(NC(C)C(=O)NC)nc(N2CCCC2)n1. The molecule has 2 heterocycles. The number of hydrogen-bond acceptors (Lipinski definition) is 7. The van der Waals surface area contributed by atoms with Gasteiger partial charge in [0.15, 0.2) is 0 Å². The largest absolute Gasteiger partial charge is 0.357 e. The Morgan fingerprint density at radius 3 is 2.52 bits per heavy atom. The van der Waals surface area contributed by atoms with Crippen LogP contribution in [0.3, 0.4) is 0 Å². The molecule has 1 atom stereocenters. The molecule has 0 aliphatic carbocycles. The minimum atomic E-state index is -0.404. The number of rotatable bonds is 6. The Morgan fingerprint density at radius 2 is 1.90 bits per heavy atom. The van der Waals surface area contributed by atoms with Gasteiger partial charge >= 0.3 is 0 Å². The summed E-state index contributed by atoms with van der Waals surface area (Å²) in [6, 6.07) is -0.404. The Balaban J connectivity index is 2.20. The molecule has 1 saturated heterocycles. The number of anilines is 3. The van der Waals surface area contributed by atoms with Crippen LogP contribution in [-0.2, 0) is 4.79 Å². The van der Waals surface area contributed by atoms with E-state index < -0.39 is 6.04 Å². The molecular formula is C13H23N7O. The van der Waals surface area contributed by atoms with Gasteiger partial charge in [0.2, 0.25) is 23.8 Å². The quantitative estimate of drug-likeness (QED) is 0.701. The van der Waals surface area contributed by atoms with E-state index in [2.05, 4.69) is 35.8 Å². The lowest BCUT2D eigenvalue weighted by Crippen LogP contribution is -2.36. The first-order chi connectivity index (χ1) is 10.1. The van der Waals surface area contributed by atoms with Crippen LogP contribution >= 0.6 is 0 Å². The summed E-state index contributed by atoms with van der Waals surface area (Å²) in [7, 11) is 1.60. The molecule has 1 fully saturated rings. The molecule has 1 aliphatic rings. The van der Waals surface area contributed by atoms with Gasteiger partial charge in [-0.2, -0.15) is 15.0 Å². The predicted octanol–water partition coefficient (Wildman–Crippen LogP) is 0.450. The molecule has 1 aromatic heterocycles. The predicted molar refractivity (Wildman–Crippen MR) is 82.6 cm³/mol. The van der Waals surface area contributed by atoms with Gasteiger partial charge in [0.25, 0.3) is 0 Å². The molecule has 0 aromatic carbocycles. The van der Waals surface area contributed by atoms with E-state index in [1.54, 1.807) is 14.0 Å². The van der Waals surface area contributed by atoms with Gasteiger partial charge in [0.1, 0.15) is 6.04 Å². The molecule has 1 unspecified atom stereocenters. The number of likely N-dealkylation sites (N-methyl/N-ethyl adjacent to an activating group) is 1.